The second-order valence-corrected chi connectivity index (χ2v) is 7.70. The fourth-order valence-corrected chi connectivity index (χ4v) is 3.39. The van der Waals surface area contributed by atoms with Gasteiger partial charge in [-0.1, -0.05) is 85.4 Å². The molecule has 0 unspecified atom stereocenters. The maximum absolute atomic E-state index is 5.33. The second-order valence-electron chi connectivity index (χ2n) is 6.70. The van der Waals surface area contributed by atoms with Crippen LogP contribution in [0.15, 0.2) is 76.3 Å². The zero-order chi connectivity index (χ0) is 19.3. The topological polar surface area (TPSA) is 64.7 Å². The van der Waals surface area contributed by atoms with E-state index in [-0.39, 0.29) is 0 Å². The Labute approximate surface area is 168 Å². The van der Waals surface area contributed by atoms with E-state index in [9.17, 15) is 0 Å². The molecule has 4 aromatic rings. The molecule has 0 radical (unpaired) electrons. The van der Waals surface area contributed by atoms with Crippen LogP contribution in [0.25, 0.3) is 22.6 Å². The summed E-state index contributed by atoms with van der Waals surface area (Å²) < 4.78 is 5.33. The first-order chi connectivity index (χ1) is 13.7. The van der Waals surface area contributed by atoms with Gasteiger partial charge in [-0.15, -0.1) is 10.2 Å². The number of hydrogen-bond donors (Lipinski definition) is 0. The lowest BCUT2D eigenvalue weighted by molar-refractivity contribution is 0.391. The molecule has 28 heavy (non-hydrogen) atoms. The summed E-state index contributed by atoms with van der Waals surface area (Å²) >= 11 is 1.52. The average Bonchev–Trinajstić information content (AvgIpc) is 3.22. The quantitative estimate of drug-likeness (QED) is 0.400. The predicted octanol–water partition coefficient (Wildman–Crippen LogP) is 5.61. The highest BCUT2D eigenvalue weighted by molar-refractivity contribution is 7.98. The Morgan fingerprint density at radius 2 is 1.64 bits per heavy atom. The van der Waals surface area contributed by atoms with Gasteiger partial charge in [0.1, 0.15) is 5.03 Å². The van der Waals surface area contributed by atoms with E-state index < -0.39 is 0 Å². The Balaban J connectivity index is 1.39. The Hall–Kier alpha value is -2.99. The van der Waals surface area contributed by atoms with Gasteiger partial charge in [0.05, 0.1) is 11.4 Å². The van der Waals surface area contributed by atoms with Gasteiger partial charge < -0.3 is 4.52 Å². The number of aromatic nitrogens is 4. The van der Waals surface area contributed by atoms with Gasteiger partial charge in [-0.25, -0.2) is 0 Å². The predicted molar refractivity (Wildman–Crippen MR) is 111 cm³/mol. The van der Waals surface area contributed by atoms with Gasteiger partial charge in [0.2, 0.25) is 11.7 Å². The highest BCUT2D eigenvalue weighted by Crippen LogP contribution is 2.24. The van der Waals surface area contributed by atoms with Crippen LogP contribution in [0.1, 0.15) is 31.2 Å². The van der Waals surface area contributed by atoms with Crippen LogP contribution in [0, 0.1) is 0 Å². The summed E-state index contributed by atoms with van der Waals surface area (Å²) in [6.07, 6.45) is 0. The summed E-state index contributed by atoms with van der Waals surface area (Å²) in [7, 11) is 0. The van der Waals surface area contributed by atoms with Crippen molar-refractivity contribution in [2.45, 2.75) is 30.5 Å². The van der Waals surface area contributed by atoms with E-state index in [1.54, 1.807) is 0 Å². The highest BCUT2D eigenvalue weighted by Gasteiger charge is 2.10. The van der Waals surface area contributed by atoms with Crippen molar-refractivity contribution in [1.82, 2.24) is 20.3 Å². The van der Waals surface area contributed by atoms with Crippen LogP contribution in [0.3, 0.4) is 0 Å². The molecule has 0 aliphatic rings. The smallest absolute Gasteiger partial charge is 0.237 e. The zero-order valence-electron chi connectivity index (χ0n) is 15.7. The van der Waals surface area contributed by atoms with E-state index in [1.807, 2.05) is 42.5 Å². The third-order valence-corrected chi connectivity index (χ3v) is 5.26. The summed E-state index contributed by atoms with van der Waals surface area (Å²) in [5.41, 5.74) is 4.19. The number of hydrogen-bond acceptors (Lipinski definition) is 6. The van der Waals surface area contributed by atoms with Crippen molar-refractivity contribution in [1.29, 1.82) is 0 Å². The molecule has 0 amide bonds. The van der Waals surface area contributed by atoms with Gasteiger partial charge in [0.25, 0.3) is 0 Å². The van der Waals surface area contributed by atoms with Crippen LogP contribution in [0.2, 0.25) is 0 Å². The first-order valence-corrected chi connectivity index (χ1v) is 10.1. The molecule has 4 rings (SSSR count). The molecule has 0 atom stereocenters. The van der Waals surface area contributed by atoms with Crippen LogP contribution in [0.4, 0.5) is 0 Å². The molecular formula is C22H20N4OS. The minimum Gasteiger partial charge on any atom is -0.338 e. The lowest BCUT2D eigenvalue weighted by Gasteiger charge is -2.06. The van der Waals surface area contributed by atoms with E-state index in [2.05, 4.69) is 58.5 Å². The van der Waals surface area contributed by atoms with E-state index >= 15 is 0 Å². The normalized spacial score (nSPS) is 11.1. The van der Waals surface area contributed by atoms with E-state index in [1.165, 1.54) is 17.3 Å². The molecule has 0 fully saturated rings. The summed E-state index contributed by atoms with van der Waals surface area (Å²) in [4.78, 5) is 4.44. The van der Waals surface area contributed by atoms with Crippen molar-refractivity contribution >= 4 is 11.8 Å². The summed E-state index contributed by atoms with van der Waals surface area (Å²) in [6.45, 7) is 4.38. The molecule has 2 heterocycles. The van der Waals surface area contributed by atoms with Crippen LogP contribution in [-0.4, -0.2) is 20.3 Å². The molecule has 0 N–H and O–H groups in total. The fourth-order valence-electron chi connectivity index (χ4n) is 2.74. The second kappa shape index (κ2) is 8.35. The first-order valence-electron chi connectivity index (χ1n) is 9.14. The molecule has 0 spiro atoms. The molecule has 2 aromatic heterocycles. The molecule has 0 saturated carbocycles. The van der Waals surface area contributed by atoms with Gasteiger partial charge in [-0.05, 0) is 23.6 Å². The molecule has 6 heteroatoms. The van der Waals surface area contributed by atoms with Crippen molar-refractivity contribution in [3.8, 4) is 22.6 Å². The van der Waals surface area contributed by atoms with Crippen LogP contribution < -0.4 is 0 Å². The van der Waals surface area contributed by atoms with Crippen LogP contribution in [0.5, 0.6) is 0 Å². The van der Waals surface area contributed by atoms with Gasteiger partial charge in [0, 0.05) is 11.1 Å². The highest BCUT2D eigenvalue weighted by atomic mass is 32.2. The third-order valence-electron chi connectivity index (χ3n) is 4.36. The zero-order valence-corrected chi connectivity index (χ0v) is 16.6. The molecule has 2 aromatic carbocycles. The van der Waals surface area contributed by atoms with E-state index in [0.29, 0.717) is 23.4 Å². The lowest BCUT2D eigenvalue weighted by Crippen LogP contribution is -1.91. The maximum atomic E-state index is 5.33. The molecule has 5 nitrogen and oxygen atoms in total. The van der Waals surface area contributed by atoms with E-state index in [4.69, 9.17) is 4.52 Å². The van der Waals surface area contributed by atoms with Gasteiger partial charge in [0.15, 0.2) is 0 Å². The summed E-state index contributed by atoms with van der Waals surface area (Å²) in [5.74, 6) is 2.24. The summed E-state index contributed by atoms with van der Waals surface area (Å²) in [6, 6.07) is 22.2. The monoisotopic (exact) mass is 388 g/mol. The Morgan fingerprint density at radius 3 is 2.32 bits per heavy atom. The SMILES string of the molecule is CC(C)c1ccc(-c2ccc(SCc3nc(-c4ccccc4)no3)nn2)cc1. The Kier molecular flexibility index (Phi) is 5.48. The Bertz CT molecular complexity index is 1030. The minimum atomic E-state index is 0.519. The maximum Gasteiger partial charge on any atom is 0.237 e. The molecule has 140 valence electrons. The number of nitrogens with zero attached hydrogens (tertiary/aromatic N) is 4. The van der Waals surface area contributed by atoms with Gasteiger partial charge >= 0.3 is 0 Å². The van der Waals surface area contributed by atoms with Crippen molar-refractivity contribution in [3.63, 3.8) is 0 Å². The van der Waals surface area contributed by atoms with Crippen LogP contribution >= 0.6 is 11.8 Å². The van der Waals surface area contributed by atoms with E-state index in [0.717, 1.165) is 21.8 Å². The minimum absolute atomic E-state index is 0.519. The van der Waals surface area contributed by atoms with Gasteiger partial charge in [-0.3, -0.25) is 0 Å². The number of thioether (sulfide) groups is 1. The third kappa shape index (κ3) is 4.28. The summed E-state index contributed by atoms with van der Waals surface area (Å²) in [5, 5.41) is 13.5. The fraction of sp³-hybridized carbons (Fsp3) is 0.182. The Morgan fingerprint density at radius 1 is 0.857 bits per heavy atom. The van der Waals surface area contributed by atoms with Gasteiger partial charge in [-0.2, -0.15) is 4.98 Å². The molecule has 0 saturated heterocycles. The molecular weight excluding hydrogens is 368 g/mol. The standard InChI is InChI=1S/C22H20N4OS/c1-15(2)16-8-10-17(11-9-16)19-12-13-21(25-24-19)28-14-20-23-22(26-27-20)18-6-4-3-5-7-18/h3-13,15H,14H2,1-2H3. The molecule has 0 aliphatic carbocycles. The average molecular weight is 388 g/mol. The first kappa shape index (κ1) is 18.4. The largest absolute Gasteiger partial charge is 0.338 e. The van der Waals surface area contributed by atoms with Crippen molar-refractivity contribution < 1.29 is 4.52 Å². The van der Waals surface area contributed by atoms with Crippen molar-refractivity contribution in [2.24, 2.45) is 0 Å². The van der Waals surface area contributed by atoms with Crippen molar-refractivity contribution in [3.05, 3.63) is 78.2 Å². The van der Waals surface area contributed by atoms with Crippen molar-refractivity contribution in [2.75, 3.05) is 0 Å². The molecule has 0 bridgehead atoms. The number of benzene rings is 2. The molecule has 0 aliphatic heterocycles. The number of rotatable bonds is 6. The van der Waals surface area contributed by atoms with Crippen LogP contribution in [-0.2, 0) is 5.75 Å². The lowest BCUT2D eigenvalue weighted by atomic mass is 10.0.